The normalized spacial score (nSPS) is 11.3. The lowest BCUT2D eigenvalue weighted by Crippen LogP contribution is -2.24. The summed E-state index contributed by atoms with van der Waals surface area (Å²) in [6, 6.07) is 12.9. The van der Waals surface area contributed by atoms with Crippen LogP contribution in [0.25, 0.3) is 0 Å². The van der Waals surface area contributed by atoms with Gasteiger partial charge in [-0.3, -0.25) is 4.79 Å². The molecule has 110 valence electrons. The SMILES string of the molecule is C[C@H](OC(=O)c1cccc(C#N)c1)C(=O)c1ccc(F)cc1. The molecule has 4 nitrogen and oxygen atoms in total. The molecule has 0 bridgehead atoms. The molecular formula is C17H12FNO3. The zero-order valence-corrected chi connectivity index (χ0v) is 11.7. The minimum atomic E-state index is -1.01. The lowest BCUT2D eigenvalue weighted by atomic mass is 10.1. The second-order valence-electron chi connectivity index (χ2n) is 4.61. The van der Waals surface area contributed by atoms with Gasteiger partial charge in [0.05, 0.1) is 17.2 Å². The molecule has 0 aliphatic heterocycles. The zero-order valence-electron chi connectivity index (χ0n) is 11.7. The molecule has 2 aromatic rings. The third-order valence-corrected chi connectivity index (χ3v) is 3.01. The summed E-state index contributed by atoms with van der Waals surface area (Å²) >= 11 is 0. The fraction of sp³-hybridized carbons (Fsp3) is 0.118. The number of benzene rings is 2. The van der Waals surface area contributed by atoms with Crippen LogP contribution in [0.5, 0.6) is 0 Å². The molecule has 2 rings (SSSR count). The fourth-order valence-corrected chi connectivity index (χ4v) is 1.85. The number of carbonyl (C=O) groups excluding carboxylic acids is 2. The lowest BCUT2D eigenvalue weighted by Gasteiger charge is -2.12. The Morgan fingerprint density at radius 3 is 2.45 bits per heavy atom. The average Bonchev–Trinajstić information content (AvgIpc) is 2.54. The van der Waals surface area contributed by atoms with Crippen molar-refractivity contribution in [2.45, 2.75) is 13.0 Å². The van der Waals surface area contributed by atoms with Gasteiger partial charge in [-0.15, -0.1) is 0 Å². The van der Waals surface area contributed by atoms with E-state index in [0.29, 0.717) is 5.56 Å². The standard InChI is InChI=1S/C17H12FNO3/c1-11(16(20)13-5-7-15(18)8-6-13)22-17(21)14-4-2-3-12(9-14)10-19/h2-9,11H,1H3/t11-/m0/s1. The van der Waals surface area contributed by atoms with Crippen LogP contribution in [0.3, 0.4) is 0 Å². The van der Waals surface area contributed by atoms with E-state index in [-0.39, 0.29) is 11.1 Å². The summed E-state index contributed by atoms with van der Waals surface area (Å²) in [7, 11) is 0. The van der Waals surface area contributed by atoms with Crippen molar-refractivity contribution in [2.24, 2.45) is 0 Å². The highest BCUT2D eigenvalue weighted by atomic mass is 19.1. The highest BCUT2D eigenvalue weighted by Gasteiger charge is 2.20. The smallest absolute Gasteiger partial charge is 0.338 e. The average molecular weight is 297 g/mol. The predicted molar refractivity (Wildman–Crippen MR) is 76.8 cm³/mol. The number of esters is 1. The number of hydrogen-bond acceptors (Lipinski definition) is 4. The van der Waals surface area contributed by atoms with E-state index in [0.717, 1.165) is 12.1 Å². The number of Topliss-reactive ketones (excluding diaryl/α,β-unsaturated/α-hetero) is 1. The number of hydrogen-bond donors (Lipinski definition) is 0. The maximum absolute atomic E-state index is 12.8. The lowest BCUT2D eigenvalue weighted by molar-refractivity contribution is 0.0318. The largest absolute Gasteiger partial charge is 0.451 e. The Labute approximate surface area is 126 Å². The van der Waals surface area contributed by atoms with Crippen molar-refractivity contribution in [1.29, 1.82) is 5.26 Å². The highest BCUT2D eigenvalue weighted by Crippen LogP contribution is 2.11. The molecule has 1 atom stereocenters. The third-order valence-electron chi connectivity index (χ3n) is 3.01. The fourth-order valence-electron chi connectivity index (χ4n) is 1.85. The number of ether oxygens (including phenoxy) is 1. The molecule has 0 amide bonds. The quantitative estimate of drug-likeness (QED) is 0.642. The zero-order chi connectivity index (χ0) is 16.1. The first-order chi connectivity index (χ1) is 10.5. The van der Waals surface area contributed by atoms with Gasteiger partial charge < -0.3 is 4.74 Å². The van der Waals surface area contributed by atoms with Crippen LogP contribution in [0.2, 0.25) is 0 Å². The summed E-state index contributed by atoms with van der Waals surface area (Å²) in [6.45, 7) is 1.44. The van der Waals surface area contributed by atoms with Gasteiger partial charge in [0.2, 0.25) is 5.78 Å². The number of ketones is 1. The van der Waals surface area contributed by atoms with Gasteiger partial charge in [-0.1, -0.05) is 6.07 Å². The summed E-state index contributed by atoms with van der Waals surface area (Å²) in [4.78, 5) is 24.1. The number of nitriles is 1. The first-order valence-electron chi connectivity index (χ1n) is 6.52. The van der Waals surface area contributed by atoms with Crippen molar-refractivity contribution >= 4 is 11.8 Å². The molecule has 0 saturated carbocycles. The second kappa shape index (κ2) is 6.64. The first-order valence-corrected chi connectivity index (χ1v) is 6.52. The molecule has 0 aliphatic rings. The third kappa shape index (κ3) is 3.55. The molecule has 0 radical (unpaired) electrons. The Kier molecular flexibility index (Phi) is 4.64. The van der Waals surface area contributed by atoms with Crippen molar-refractivity contribution in [2.75, 3.05) is 0 Å². The van der Waals surface area contributed by atoms with Crippen molar-refractivity contribution in [3.8, 4) is 6.07 Å². The van der Waals surface area contributed by atoms with E-state index >= 15 is 0 Å². The van der Waals surface area contributed by atoms with E-state index in [4.69, 9.17) is 10.00 Å². The number of halogens is 1. The van der Waals surface area contributed by atoms with Crippen LogP contribution in [0, 0.1) is 17.1 Å². The number of nitrogens with zero attached hydrogens (tertiary/aromatic N) is 1. The highest BCUT2D eigenvalue weighted by molar-refractivity contribution is 6.01. The van der Waals surface area contributed by atoms with Crippen molar-refractivity contribution < 1.29 is 18.7 Å². The van der Waals surface area contributed by atoms with Gasteiger partial charge in [-0.2, -0.15) is 5.26 Å². The molecule has 0 aliphatic carbocycles. The van der Waals surface area contributed by atoms with Gasteiger partial charge in [0, 0.05) is 5.56 Å². The Balaban J connectivity index is 2.09. The van der Waals surface area contributed by atoms with E-state index in [1.165, 1.54) is 31.2 Å². The first kappa shape index (κ1) is 15.4. The molecule has 22 heavy (non-hydrogen) atoms. The Bertz CT molecular complexity index is 747. The predicted octanol–water partition coefficient (Wildman–Crippen LogP) is 3.13. The van der Waals surface area contributed by atoms with E-state index in [1.54, 1.807) is 12.1 Å². The van der Waals surface area contributed by atoms with Gasteiger partial charge in [-0.05, 0) is 49.4 Å². The molecule has 0 N–H and O–H groups in total. The molecule has 0 saturated heterocycles. The minimum Gasteiger partial charge on any atom is -0.451 e. The Hall–Kier alpha value is -3.00. The Morgan fingerprint density at radius 2 is 1.82 bits per heavy atom. The molecule has 0 aromatic heterocycles. The summed E-state index contributed by atoms with van der Waals surface area (Å²) in [5.41, 5.74) is 0.775. The molecular weight excluding hydrogens is 285 g/mol. The molecule has 0 fully saturated rings. The molecule has 2 aromatic carbocycles. The van der Waals surface area contributed by atoms with Crippen LogP contribution < -0.4 is 0 Å². The molecule has 0 heterocycles. The maximum Gasteiger partial charge on any atom is 0.338 e. The topological polar surface area (TPSA) is 67.2 Å². The summed E-state index contributed by atoms with van der Waals surface area (Å²) in [6.07, 6.45) is -1.01. The summed E-state index contributed by atoms with van der Waals surface area (Å²) < 4.78 is 17.9. The molecule has 0 spiro atoms. The van der Waals surface area contributed by atoms with Gasteiger partial charge in [-0.25, -0.2) is 9.18 Å². The maximum atomic E-state index is 12.8. The Morgan fingerprint density at radius 1 is 1.14 bits per heavy atom. The van der Waals surface area contributed by atoms with E-state index in [9.17, 15) is 14.0 Å². The number of carbonyl (C=O) groups is 2. The van der Waals surface area contributed by atoms with Crippen LogP contribution in [0.1, 0.15) is 33.2 Å². The minimum absolute atomic E-state index is 0.192. The second-order valence-corrected chi connectivity index (χ2v) is 4.61. The van der Waals surface area contributed by atoms with Crippen molar-refractivity contribution in [1.82, 2.24) is 0 Å². The summed E-state index contributed by atoms with van der Waals surface area (Å²) in [5, 5.41) is 8.80. The van der Waals surface area contributed by atoms with Crippen LogP contribution >= 0.6 is 0 Å². The van der Waals surface area contributed by atoms with Crippen molar-refractivity contribution in [3.63, 3.8) is 0 Å². The van der Waals surface area contributed by atoms with E-state index in [1.807, 2.05) is 6.07 Å². The van der Waals surface area contributed by atoms with Crippen LogP contribution in [-0.4, -0.2) is 17.9 Å². The van der Waals surface area contributed by atoms with Gasteiger partial charge in [0.25, 0.3) is 0 Å². The van der Waals surface area contributed by atoms with Gasteiger partial charge in [0.1, 0.15) is 5.82 Å². The monoisotopic (exact) mass is 297 g/mol. The molecule has 0 unspecified atom stereocenters. The molecule has 5 heteroatoms. The summed E-state index contributed by atoms with van der Waals surface area (Å²) in [5.74, 6) is -1.57. The van der Waals surface area contributed by atoms with Crippen LogP contribution in [0.4, 0.5) is 4.39 Å². The number of rotatable bonds is 4. The van der Waals surface area contributed by atoms with E-state index < -0.39 is 23.7 Å². The van der Waals surface area contributed by atoms with Crippen LogP contribution in [0.15, 0.2) is 48.5 Å². The van der Waals surface area contributed by atoms with E-state index in [2.05, 4.69) is 0 Å². The van der Waals surface area contributed by atoms with Crippen molar-refractivity contribution in [3.05, 3.63) is 71.0 Å². The van der Waals surface area contributed by atoms with Gasteiger partial charge in [0.15, 0.2) is 6.10 Å². The van der Waals surface area contributed by atoms with Gasteiger partial charge >= 0.3 is 5.97 Å². The van der Waals surface area contributed by atoms with Crippen LogP contribution in [-0.2, 0) is 4.74 Å².